The molecule has 0 aliphatic carbocycles. The van der Waals surface area contributed by atoms with Crippen LogP contribution in [0.5, 0.6) is 0 Å². The van der Waals surface area contributed by atoms with Gasteiger partial charge in [0.25, 0.3) is 0 Å². The molecule has 0 aromatic carbocycles. The summed E-state index contributed by atoms with van der Waals surface area (Å²) in [5.41, 5.74) is 0.300. The van der Waals surface area contributed by atoms with E-state index in [4.69, 9.17) is 0 Å². The van der Waals surface area contributed by atoms with Gasteiger partial charge in [-0.1, -0.05) is 79.1 Å². The third-order valence-electron chi connectivity index (χ3n) is 3.71. The maximum atomic E-state index is 11.7. The highest BCUT2D eigenvalue weighted by Crippen LogP contribution is 2.21. The third-order valence-corrected chi connectivity index (χ3v) is 3.71. The van der Waals surface area contributed by atoms with Gasteiger partial charge in [0.2, 0.25) is 0 Å². The number of hydrogen-bond donors (Lipinski definition) is 0. The van der Waals surface area contributed by atoms with Crippen molar-refractivity contribution in [1.29, 1.82) is 0 Å². The van der Waals surface area contributed by atoms with Gasteiger partial charge in [0.05, 0.1) is 0 Å². The van der Waals surface area contributed by atoms with E-state index < -0.39 is 0 Å². The number of hydrogen-bond acceptors (Lipinski definition) is 1. The molecule has 0 rings (SSSR count). The molecule has 0 aromatic heterocycles. The van der Waals surface area contributed by atoms with E-state index in [1.54, 1.807) is 0 Å². The fraction of sp³-hybridized carbons (Fsp3) is 0.944. The summed E-state index contributed by atoms with van der Waals surface area (Å²) in [6, 6.07) is 0. The largest absolute Gasteiger partial charge is 0.300 e. The van der Waals surface area contributed by atoms with Crippen LogP contribution in [0.15, 0.2) is 0 Å². The molecule has 0 N–H and O–H groups in total. The first-order valence-corrected chi connectivity index (χ1v) is 8.47. The Labute approximate surface area is 121 Å². The Morgan fingerprint density at radius 3 is 1.68 bits per heavy atom. The van der Waals surface area contributed by atoms with Gasteiger partial charge < -0.3 is 0 Å². The molecule has 0 atom stereocenters. The smallest absolute Gasteiger partial charge is 0.132 e. The van der Waals surface area contributed by atoms with Crippen molar-refractivity contribution >= 4 is 5.78 Å². The van der Waals surface area contributed by atoms with Crippen molar-refractivity contribution in [3.05, 3.63) is 0 Å². The molecule has 0 aliphatic rings. The Kier molecular flexibility index (Phi) is 11.3. The minimum atomic E-state index is 0.300. The predicted octanol–water partition coefficient (Wildman–Crippen LogP) is 6.30. The standard InChI is InChI=1S/C18H36O/c1-5-6-7-8-9-10-11-12-13-14-17(19)15-16-18(2,3)4/h5-16H2,1-4H3. The van der Waals surface area contributed by atoms with Crippen LogP contribution < -0.4 is 0 Å². The van der Waals surface area contributed by atoms with E-state index in [1.165, 1.54) is 51.4 Å². The van der Waals surface area contributed by atoms with Gasteiger partial charge in [0.15, 0.2) is 0 Å². The van der Waals surface area contributed by atoms with Crippen molar-refractivity contribution in [2.45, 2.75) is 105 Å². The lowest BCUT2D eigenvalue weighted by Gasteiger charge is -2.16. The summed E-state index contributed by atoms with van der Waals surface area (Å²) in [6.07, 6.45) is 14.6. The predicted molar refractivity (Wildman–Crippen MR) is 85.5 cm³/mol. The lowest BCUT2D eigenvalue weighted by Crippen LogP contribution is -2.08. The second-order valence-corrected chi connectivity index (χ2v) is 7.18. The number of carbonyl (C=O) groups excluding carboxylic acids is 1. The zero-order valence-corrected chi connectivity index (χ0v) is 13.9. The maximum absolute atomic E-state index is 11.7. The average Bonchev–Trinajstić information content (AvgIpc) is 2.33. The molecule has 0 aromatic rings. The summed E-state index contributed by atoms with van der Waals surface area (Å²) in [5.74, 6) is 0.470. The summed E-state index contributed by atoms with van der Waals surface area (Å²) >= 11 is 0. The normalized spacial score (nSPS) is 11.8. The molecule has 114 valence electrons. The molecule has 1 nitrogen and oxygen atoms in total. The molecule has 19 heavy (non-hydrogen) atoms. The number of unbranched alkanes of at least 4 members (excludes halogenated alkanes) is 8. The molecular weight excluding hydrogens is 232 g/mol. The van der Waals surface area contributed by atoms with Crippen LogP contribution in [-0.4, -0.2) is 5.78 Å². The van der Waals surface area contributed by atoms with Gasteiger partial charge in [0.1, 0.15) is 5.78 Å². The van der Waals surface area contributed by atoms with Crippen LogP contribution in [0.3, 0.4) is 0 Å². The van der Waals surface area contributed by atoms with Gasteiger partial charge >= 0.3 is 0 Å². The molecule has 0 bridgehead atoms. The Morgan fingerprint density at radius 2 is 1.21 bits per heavy atom. The van der Waals surface area contributed by atoms with E-state index in [9.17, 15) is 4.79 Å². The van der Waals surface area contributed by atoms with Gasteiger partial charge in [-0.15, -0.1) is 0 Å². The Hall–Kier alpha value is -0.330. The number of Topliss-reactive ketones (excluding diaryl/α,β-unsaturated/α-hetero) is 1. The summed E-state index contributed by atoms with van der Waals surface area (Å²) in [7, 11) is 0. The Bertz CT molecular complexity index is 212. The average molecular weight is 268 g/mol. The molecule has 0 heterocycles. The van der Waals surface area contributed by atoms with Gasteiger partial charge in [0, 0.05) is 12.8 Å². The minimum absolute atomic E-state index is 0.300. The van der Waals surface area contributed by atoms with Gasteiger partial charge in [-0.3, -0.25) is 4.79 Å². The highest BCUT2D eigenvalue weighted by Gasteiger charge is 2.12. The van der Waals surface area contributed by atoms with E-state index in [0.29, 0.717) is 11.2 Å². The van der Waals surface area contributed by atoms with E-state index in [1.807, 2.05) is 0 Å². The van der Waals surface area contributed by atoms with Crippen molar-refractivity contribution in [3.8, 4) is 0 Å². The summed E-state index contributed by atoms with van der Waals surface area (Å²) < 4.78 is 0. The topological polar surface area (TPSA) is 17.1 Å². The number of carbonyl (C=O) groups is 1. The van der Waals surface area contributed by atoms with Crippen LogP contribution in [-0.2, 0) is 4.79 Å². The van der Waals surface area contributed by atoms with Crippen molar-refractivity contribution < 1.29 is 4.79 Å². The fourth-order valence-corrected chi connectivity index (χ4v) is 2.27. The first kappa shape index (κ1) is 18.7. The first-order chi connectivity index (χ1) is 8.95. The lowest BCUT2D eigenvalue weighted by atomic mass is 9.89. The van der Waals surface area contributed by atoms with E-state index in [-0.39, 0.29) is 0 Å². The van der Waals surface area contributed by atoms with Gasteiger partial charge in [-0.2, -0.15) is 0 Å². The third kappa shape index (κ3) is 15.6. The maximum Gasteiger partial charge on any atom is 0.132 e. The van der Waals surface area contributed by atoms with Crippen molar-refractivity contribution in [2.75, 3.05) is 0 Å². The highest BCUT2D eigenvalue weighted by atomic mass is 16.1. The molecule has 0 fully saturated rings. The first-order valence-electron chi connectivity index (χ1n) is 8.47. The van der Waals surface area contributed by atoms with E-state index in [0.717, 1.165) is 25.7 Å². The quantitative estimate of drug-likeness (QED) is 0.379. The van der Waals surface area contributed by atoms with E-state index >= 15 is 0 Å². The molecule has 0 amide bonds. The second-order valence-electron chi connectivity index (χ2n) is 7.18. The van der Waals surface area contributed by atoms with Crippen LogP contribution in [0.1, 0.15) is 105 Å². The van der Waals surface area contributed by atoms with Gasteiger partial charge in [-0.05, 0) is 18.3 Å². The summed E-state index contributed by atoms with van der Waals surface area (Å²) in [6.45, 7) is 8.88. The molecule has 0 spiro atoms. The molecule has 0 saturated carbocycles. The zero-order chi connectivity index (χ0) is 14.6. The molecule has 1 heteroatoms. The van der Waals surface area contributed by atoms with Gasteiger partial charge in [-0.25, -0.2) is 0 Å². The fourth-order valence-electron chi connectivity index (χ4n) is 2.27. The monoisotopic (exact) mass is 268 g/mol. The summed E-state index contributed by atoms with van der Waals surface area (Å²) in [5, 5.41) is 0. The molecule has 0 saturated heterocycles. The Balaban J connectivity index is 3.23. The van der Waals surface area contributed by atoms with E-state index in [2.05, 4.69) is 27.7 Å². The zero-order valence-electron chi connectivity index (χ0n) is 13.9. The van der Waals surface area contributed by atoms with Crippen molar-refractivity contribution in [2.24, 2.45) is 5.41 Å². The molecular formula is C18H36O. The van der Waals surface area contributed by atoms with Crippen molar-refractivity contribution in [3.63, 3.8) is 0 Å². The van der Waals surface area contributed by atoms with Crippen LogP contribution in [0.2, 0.25) is 0 Å². The van der Waals surface area contributed by atoms with Crippen LogP contribution in [0.4, 0.5) is 0 Å². The number of rotatable bonds is 12. The minimum Gasteiger partial charge on any atom is -0.300 e. The van der Waals surface area contributed by atoms with Crippen LogP contribution in [0.25, 0.3) is 0 Å². The second kappa shape index (κ2) is 11.5. The lowest BCUT2D eigenvalue weighted by molar-refractivity contribution is -0.119. The molecule has 0 aliphatic heterocycles. The van der Waals surface area contributed by atoms with Crippen LogP contribution in [0, 0.1) is 5.41 Å². The molecule has 0 unspecified atom stereocenters. The highest BCUT2D eigenvalue weighted by molar-refractivity contribution is 5.78. The van der Waals surface area contributed by atoms with Crippen LogP contribution >= 0.6 is 0 Å². The molecule has 0 radical (unpaired) electrons. The van der Waals surface area contributed by atoms with Crippen molar-refractivity contribution in [1.82, 2.24) is 0 Å². The SMILES string of the molecule is CCCCCCCCCCCC(=O)CCC(C)(C)C. The summed E-state index contributed by atoms with van der Waals surface area (Å²) in [4.78, 5) is 11.7. The number of ketones is 1. The Morgan fingerprint density at radius 1 is 0.737 bits per heavy atom.